The monoisotopic (exact) mass is 338 g/mol. The van der Waals surface area contributed by atoms with Crippen LogP contribution in [0.5, 0.6) is 11.5 Å². The molecule has 0 fully saturated rings. The summed E-state index contributed by atoms with van der Waals surface area (Å²) in [5.74, 6) is 1.04. The van der Waals surface area contributed by atoms with Crippen molar-refractivity contribution in [2.45, 2.75) is 6.54 Å². The van der Waals surface area contributed by atoms with Crippen LogP contribution < -0.4 is 14.8 Å². The van der Waals surface area contributed by atoms with Gasteiger partial charge in [0.1, 0.15) is 18.0 Å². The molecule has 2 aromatic carbocycles. The highest BCUT2D eigenvalue weighted by Crippen LogP contribution is 2.26. The van der Waals surface area contributed by atoms with Gasteiger partial charge in [0.05, 0.1) is 19.9 Å². The molecule has 0 radical (unpaired) electrons. The number of fused-ring (bicyclic) bond motifs is 1. The molecule has 1 heterocycles. The minimum Gasteiger partial charge on any atom is -0.497 e. The molecule has 0 atom stereocenters. The van der Waals surface area contributed by atoms with Gasteiger partial charge in [-0.2, -0.15) is 0 Å². The number of hydrogen-bond acceptors (Lipinski definition) is 4. The molecule has 3 rings (SSSR count). The summed E-state index contributed by atoms with van der Waals surface area (Å²) in [4.78, 5) is 23.7. The van der Waals surface area contributed by atoms with Crippen LogP contribution in [-0.4, -0.2) is 31.0 Å². The molecule has 1 aromatic heterocycles. The summed E-state index contributed by atoms with van der Waals surface area (Å²) >= 11 is 0. The second kappa shape index (κ2) is 7.09. The van der Waals surface area contributed by atoms with Crippen LogP contribution in [0.2, 0.25) is 0 Å². The number of benzene rings is 2. The zero-order chi connectivity index (χ0) is 17.8. The zero-order valence-electron chi connectivity index (χ0n) is 14.0. The average molecular weight is 338 g/mol. The van der Waals surface area contributed by atoms with E-state index in [0.717, 1.165) is 17.2 Å². The van der Waals surface area contributed by atoms with Crippen molar-refractivity contribution in [1.29, 1.82) is 0 Å². The van der Waals surface area contributed by atoms with Crippen LogP contribution in [0.4, 0.5) is 5.69 Å². The molecule has 1 amide bonds. The number of amides is 1. The summed E-state index contributed by atoms with van der Waals surface area (Å²) in [6.45, 7) is 0.0781. The van der Waals surface area contributed by atoms with Gasteiger partial charge in [0.15, 0.2) is 6.29 Å². The van der Waals surface area contributed by atoms with E-state index < -0.39 is 0 Å². The molecule has 1 N–H and O–H groups in total. The minimum absolute atomic E-state index is 0.0781. The Hall–Kier alpha value is -3.28. The van der Waals surface area contributed by atoms with E-state index in [2.05, 4.69) is 5.32 Å². The fourth-order valence-electron chi connectivity index (χ4n) is 2.75. The predicted octanol–water partition coefficient (Wildman–Crippen LogP) is 3.11. The third kappa shape index (κ3) is 3.33. The number of aromatic nitrogens is 1. The van der Waals surface area contributed by atoms with Crippen molar-refractivity contribution in [3.05, 3.63) is 54.2 Å². The summed E-state index contributed by atoms with van der Waals surface area (Å²) in [6.07, 6.45) is 2.44. The van der Waals surface area contributed by atoms with Gasteiger partial charge in [-0.3, -0.25) is 9.59 Å². The molecule has 0 aliphatic rings. The molecule has 6 heteroatoms. The normalized spacial score (nSPS) is 10.5. The number of para-hydroxylation sites is 2. The van der Waals surface area contributed by atoms with Gasteiger partial charge in [-0.25, -0.2) is 0 Å². The number of rotatable bonds is 6. The van der Waals surface area contributed by atoms with Gasteiger partial charge in [0, 0.05) is 22.7 Å². The topological polar surface area (TPSA) is 69.6 Å². The van der Waals surface area contributed by atoms with E-state index in [4.69, 9.17) is 9.47 Å². The smallest absolute Gasteiger partial charge is 0.244 e. The standard InChI is InChI=1S/C19H18N2O4/c1-24-14-7-8-17-15(9-14)13(12-22)10-21(17)11-19(23)20-16-5-3-4-6-18(16)25-2/h3-10,12H,11H2,1-2H3,(H,20,23). The minimum atomic E-state index is -0.213. The molecule has 3 aromatic rings. The first-order chi connectivity index (χ1) is 12.2. The lowest BCUT2D eigenvalue weighted by molar-refractivity contribution is -0.116. The third-order valence-corrected chi connectivity index (χ3v) is 3.94. The lowest BCUT2D eigenvalue weighted by Crippen LogP contribution is -2.18. The summed E-state index contributed by atoms with van der Waals surface area (Å²) in [5.41, 5.74) is 1.90. The maximum absolute atomic E-state index is 12.4. The van der Waals surface area contributed by atoms with Crippen LogP contribution in [-0.2, 0) is 11.3 Å². The highest BCUT2D eigenvalue weighted by Gasteiger charge is 2.13. The van der Waals surface area contributed by atoms with Crippen molar-refractivity contribution in [2.75, 3.05) is 19.5 Å². The first-order valence-electron chi connectivity index (χ1n) is 7.71. The van der Waals surface area contributed by atoms with Gasteiger partial charge >= 0.3 is 0 Å². The van der Waals surface area contributed by atoms with E-state index in [-0.39, 0.29) is 12.5 Å². The molecule has 128 valence electrons. The highest BCUT2D eigenvalue weighted by atomic mass is 16.5. The third-order valence-electron chi connectivity index (χ3n) is 3.94. The molecule has 0 aliphatic carbocycles. The quantitative estimate of drug-likeness (QED) is 0.701. The van der Waals surface area contributed by atoms with Crippen molar-refractivity contribution >= 4 is 28.8 Å². The van der Waals surface area contributed by atoms with E-state index >= 15 is 0 Å². The van der Waals surface area contributed by atoms with E-state index in [1.54, 1.807) is 49.2 Å². The fraction of sp³-hybridized carbons (Fsp3) is 0.158. The first kappa shape index (κ1) is 16.6. The molecule has 0 saturated heterocycles. The summed E-state index contributed by atoms with van der Waals surface area (Å²) in [5, 5.41) is 3.58. The Labute approximate surface area is 145 Å². The van der Waals surface area contributed by atoms with E-state index in [1.165, 1.54) is 0 Å². The number of hydrogen-bond donors (Lipinski definition) is 1. The zero-order valence-corrected chi connectivity index (χ0v) is 14.0. The number of ether oxygens (including phenoxy) is 2. The molecule has 6 nitrogen and oxygen atoms in total. The second-order valence-electron chi connectivity index (χ2n) is 5.46. The summed E-state index contributed by atoms with van der Waals surface area (Å²) in [7, 11) is 3.12. The maximum atomic E-state index is 12.4. The van der Waals surface area contributed by atoms with Crippen LogP contribution in [0.25, 0.3) is 10.9 Å². The van der Waals surface area contributed by atoms with Gasteiger partial charge < -0.3 is 19.4 Å². The SMILES string of the molecule is COc1ccc2c(c1)c(C=O)cn2CC(=O)Nc1ccccc1OC. The van der Waals surface area contributed by atoms with Crippen LogP contribution in [0.3, 0.4) is 0 Å². The molecule has 0 unspecified atom stereocenters. The lowest BCUT2D eigenvalue weighted by atomic mass is 10.2. The van der Waals surface area contributed by atoms with Gasteiger partial charge in [0.2, 0.25) is 5.91 Å². The predicted molar refractivity (Wildman–Crippen MR) is 95.5 cm³/mol. The number of nitrogens with zero attached hydrogens (tertiary/aromatic N) is 1. The van der Waals surface area contributed by atoms with Crippen molar-refractivity contribution in [2.24, 2.45) is 0 Å². The Balaban J connectivity index is 1.87. The fourth-order valence-corrected chi connectivity index (χ4v) is 2.75. The molecule has 0 aliphatic heterocycles. The summed E-state index contributed by atoms with van der Waals surface area (Å²) < 4.78 is 12.2. The van der Waals surface area contributed by atoms with Gasteiger partial charge in [-0.15, -0.1) is 0 Å². The van der Waals surface area contributed by atoms with Crippen LogP contribution in [0.1, 0.15) is 10.4 Å². The van der Waals surface area contributed by atoms with E-state index in [9.17, 15) is 9.59 Å². The number of aldehydes is 1. The van der Waals surface area contributed by atoms with E-state index in [1.807, 2.05) is 18.2 Å². The Morgan fingerprint density at radius 1 is 1.16 bits per heavy atom. The summed E-state index contributed by atoms with van der Waals surface area (Å²) in [6, 6.07) is 12.6. The highest BCUT2D eigenvalue weighted by molar-refractivity contribution is 5.99. The molecule has 0 bridgehead atoms. The molecular weight excluding hydrogens is 320 g/mol. The number of anilines is 1. The van der Waals surface area contributed by atoms with Crippen molar-refractivity contribution < 1.29 is 19.1 Å². The Morgan fingerprint density at radius 3 is 2.68 bits per heavy atom. The molecule has 25 heavy (non-hydrogen) atoms. The Bertz CT molecular complexity index is 930. The van der Waals surface area contributed by atoms with Gasteiger partial charge in [-0.1, -0.05) is 12.1 Å². The second-order valence-corrected chi connectivity index (χ2v) is 5.46. The number of nitrogens with one attached hydrogen (secondary N) is 1. The largest absolute Gasteiger partial charge is 0.497 e. The van der Waals surface area contributed by atoms with Crippen LogP contribution >= 0.6 is 0 Å². The average Bonchev–Trinajstić information content (AvgIpc) is 2.98. The van der Waals surface area contributed by atoms with Crippen molar-refractivity contribution in [3.63, 3.8) is 0 Å². The molecular formula is C19H18N2O4. The number of methoxy groups -OCH3 is 2. The molecule has 0 spiro atoms. The Morgan fingerprint density at radius 2 is 1.96 bits per heavy atom. The number of carbonyl (C=O) groups excluding carboxylic acids is 2. The lowest BCUT2D eigenvalue weighted by Gasteiger charge is -2.11. The maximum Gasteiger partial charge on any atom is 0.244 e. The van der Waals surface area contributed by atoms with Crippen LogP contribution in [0, 0.1) is 0 Å². The Kier molecular flexibility index (Phi) is 4.70. The van der Waals surface area contributed by atoms with E-state index in [0.29, 0.717) is 22.7 Å². The van der Waals surface area contributed by atoms with Gasteiger partial charge in [0.25, 0.3) is 0 Å². The van der Waals surface area contributed by atoms with Gasteiger partial charge in [-0.05, 0) is 30.3 Å². The van der Waals surface area contributed by atoms with Crippen LogP contribution in [0.15, 0.2) is 48.7 Å². The number of carbonyl (C=O) groups is 2. The molecule has 0 saturated carbocycles. The van der Waals surface area contributed by atoms with Crippen molar-refractivity contribution in [1.82, 2.24) is 4.57 Å². The first-order valence-corrected chi connectivity index (χ1v) is 7.71. The van der Waals surface area contributed by atoms with Crippen molar-refractivity contribution in [3.8, 4) is 11.5 Å².